The van der Waals surface area contributed by atoms with Gasteiger partial charge in [-0.25, -0.2) is 17.8 Å². The third-order valence-electron chi connectivity index (χ3n) is 17.3. The van der Waals surface area contributed by atoms with Crippen molar-refractivity contribution in [2.45, 2.75) is 196 Å². The van der Waals surface area contributed by atoms with Gasteiger partial charge in [0.2, 0.25) is 11.8 Å². The molecule has 4 amide bonds. The molecular formula is C70H86N10O10S. The van der Waals surface area contributed by atoms with Crippen molar-refractivity contribution in [3.8, 4) is 0 Å². The molecule has 0 unspecified atom stereocenters. The largest absolute Gasteiger partial charge is 0.382 e. The summed E-state index contributed by atoms with van der Waals surface area (Å²) < 4.78 is 56.4. The van der Waals surface area contributed by atoms with Gasteiger partial charge in [0.25, 0.3) is 21.8 Å². The minimum Gasteiger partial charge on any atom is -0.382 e. The first-order valence-electron chi connectivity index (χ1n) is 32.2. The predicted octanol–water partition coefficient (Wildman–Crippen LogP) is 9.95. The molecule has 11 rings (SSSR count). The standard InChI is InChI=1S/C38H45N5O6S.C32H41N5O4/c44-37(39-31-20-10-12-22-34(31)48-26-28-14-4-1-5-15-28)25-43-33(24-36(41-43)42-50(46,47)30-18-8-3-9-19-30)38(45)40-32-21-11-13-23-35(32)49-27-29-16-6-2-7-17-29;33-30-19-27(32(39)35-26-16-8-10-18-29(26)41-22-24-13-5-2-6-14-24)37(36-30)20-31(38)34-25-15-7-9-17-28(25)40-21-23-11-3-1-4-12-23/h1-9,14-19,24,31-32,34-35H,10-13,20-23,25-27H2,(H,39,44)(H,40,45)(H,41,42);1-6,11-14,19,25-26,28-29H,7-10,15-18,20-22H2,(H2,33,36)(H,34,38)(H,35,39)/t31-,32+,34-,35+;25-,26+,28-,29+/m11/s1. The lowest BCUT2D eigenvalue weighted by molar-refractivity contribution is -0.125. The molecule has 0 bridgehead atoms. The van der Waals surface area contributed by atoms with Crippen LogP contribution >= 0.6 is 0 Å². The van der Waals surface area contributed by atoms with Crippen molar-refractivity contribution >= 4 is 45.3 Å². The van der Waals surface area contributed by atoms with Gasteiger partial charge in [0.05, 0.1) is 79.9 Å². The molecule has 0 radical (unpaired) electrons. The number of carbonyl (C=O) groups is 4. The monoisotopic (exact) mass is 1260 g/mol. The van der Waals surface area contributed by atoms with Crippen LogP contribution in [0.5, 0.6) is 0 Å². The average Bonchev–Trinajstić information content (AvgIpc) is 2.61. The Morgan fingerprint density at radius 3 is 1.09 bits per heavy atom. The first kappa shape index (κ1) is 65.7. The van der Waals surface area contributed by atoms with Crippen LogP contribution in [0.15, 0.2) is 169 Å². The Bertz CT molecular complexity index is 3530. The van der Waals surface area contributed by atoms with Gasteiger partial charge in [0, 0.05) is 12.1 Å². The Morgan fingerprint density at radius 2 is 0.725 bits per heavy atom. The molecule has 7 N–H and O–H groups in total. The van der Waals surface area contributed by atoms with Gasteiger partial charge in [-0.15, -0.1) is 0 Å². The maximum absolute atomic E-state index is 13.9. The third kappa shape index (κ3) is 19.6. The molecule has 8 atom stereocenters. The van der Waals surface area contributed by atoms with Crippen molar-refractivity contribution in [2.24, 2.45) is 0 Å². The molecule has 4 aliphatic rings. The number of nitrogens with zero attached hydrogens (tertiary/aromatic N) is 4. The fraction of sp³-hybridized carbons (Fsp3) is 0.429. The number of carbonyl (C=O) groups excluding carboxylic acids is 4. The van der Waals surface area contributed by atoms with Gasteiger partial charge >= 0.3 is 0 Å². The smallest absolute Gasteiger partial charge is 0.269 e. The summed E-state index contributed by atoms with van der Waals surface area (Å²) in [4.78, 5) is 54.0. The maximum Gasteiger partial charge on any atom is 0.269 e. The quantitative estimate of drug-likeness (QED) is 0.0312. The van der Waals surface area contributed by atoms with Crippen LogP contribution in [0.25, 0.3) is 0 Å². The number of hydrogen-bond donors (Lipinski definition) is 6. The van der Waals surface area contributed by atoms with E-state index in [0.717, 1.165) is 125 Å². The van der Waals surface area contributed by atoms with Crippen LogP contribution in [0.1, 0.15) is 146 Å². The van der Waals surface area contributed by atoms with Crippen LogP contribution in [-0.4, -0.2) is 100 Å². The minimum absolute atomic E-state index is 0.0535. The van der Waals surface area contributed by atoms with Crippen LogP contribution in [0.3, 0.4) is 0 Å². The summed E-state index contributed by atoms with van der Waals surface area (Å²) in [6.07, 6.45) is 14.2. The Morgan fingerprint density at radius 1 is 0.418 bits per heavy atom. The van der Waals surface area contributed by atoms with E-state index >= 15 is 0 Å². The van der Waals surface area contributed by atoms with Crippen molar-refractivity contribution in [3.05, 3.63) is 197 Å². The summed E-state index contributed by atoms with van der Waals surface area (Å²) in [6, 6.07) is 50.0. The molecule has 4 aliphatic carbocycles. The number of rotatable bonds is 25. The van der Waals surface area contributed by atoms with Gasteiger partial charge in [-0.1, -0.05) is 191 Å². The van der Waals surface area contributed by atoms with E-state index in [9.17, 15) is 27.6 Å². The first-order chi connectivity index (χ1) is 44.4. The normalized spacial score (nSPS) is 21.7. The molecule has 0 aliphatic heterocycles. The van der Waals surface area contributed by atoms with Gasteiger partial charge in [0.15, 0.2) is 5.82 Å². The van der Waals surface area contributed by atoms with Crippen LogP contribution in [-0.2, 0) is 78.1 Å². The summed E-state index contributed by atoms with van der Waals surface area (Å²) in [6.45, 7) is 1.51. The van der Waals surface area contributed by atoms with E-state index < -0.39 is 15.9 Å². The lowest BCUT2D eigenvalue weighted by atomic mass is 9.92. The molecule has 91 heavy (non-hydrogen) atoms. The van der Waals surface area contributed by atoms with Gasteiger partial charge < -0.3 is 45.9 Å². The molecule has 2 aromatic heterocycles. The van der Waals surface area contributed by atoms with Crippen molar-refractivity contribution in [3.63, 3.8) is 0 Å². The molecule has 4 saturated carbocycles. The number of nitrogens with two attached hydrogens (primary N) is 1. The highest BCUT2D eigenvalue weighted by Crippen LogP contribution is 2.28. The van der Waals surface area contributed by atoms with E-state index in [1.54, 1.807) is 18.2 Å². The fourth-order valence-electron chi connectivity index (χ4n) is 12.5. The summed E-state index contributed by atoms with van der Waals surface area (Å²) in [5, 5.41) is 21.1. The van der Waals surface area contributed by atoms with Crippen LogP contribution in [0.4, 0.5) is 11.6 Å². The Kier molecular flexibility index (Phi) is 24.0. The van der Waals surface area contributed by atoms with Gasteiger partial charge in [-0.05, 0) is 85.8 Å². The van der Waals surface area contributed by atoms with Crippen molar-refractivity contribution in [1.82, 2.24) is 40.8 Å². The highest BCUT2D eigenvalue weighted by molar-refractivity contribution is 7.92. The molecule has 21 heteroatoms. The number of hydrogen-bond acceptors (Lipinski definition) is 13. The number of nitrogen functional groups attached to an aromatic ring is 1. The van der Waals surface area contributed by atoms with Gasteiger partial charge in [0.1, 0.15) is 30.3 Å². The molecule has 20 nitrogen and oxygen atoms in total. The minimum atomic E-state index is -3.99. The second-order valence-corrected chi connectivity index (χ2v) is 25.8. The summed E-state index contributed by atoms with van der Waals surface area (Å²) >= 11 is 0. The maximum atomic E-state index is 13.9. The molecule has 0 spiro atoms. The first-order valence-corrected chi connectivity index (χ1v) is 33.7. The van der Waals surface area contributed by atoms with E-state index in [1.165, 1.54) is 33.6 Å². The van der Waals surface area contributed by atoms with E-state index in [1.807, 2.05) is 121 Å². The van der Waals surface area contributed by atoms with Crippen LogP contribution < -0.4 is 31.7 Å². The third-order valence-corrected chi connectivity index (χ3v) is 18.7. The number of amides is 4. The second-order valence-electron chi connectivity index (χ2n) is 24.1. The van der Waals surface area contributed by atoms with E-state index in [0.29, 0.717) is 26.4 Å². The average molecular weight is 1260 g/mol. The molecule has 4 fully saturated rings. The molecule has 2 heterocycles. The van der Waals surface area contributed by atoms with Crippen molar-refractivity contribution in [1.29, 1.82) is 0 Å². The van der Waals surface area contributed by atoms with Crippen LogP contribution in [0.2, 0.25) is 0 Å². The van der Waals surface area contributed by atoms with E-state index in [2.05, 4.69) is 36.2 Å². The summed E-state index contributed by atoms with van der Waals surface area (Å²) in [5.74, 6) is -1.19. The number of anilines is 2. The SMILES string of the molecule is Nc1cc(C(=O)N[C@H]2CCCC[C@@H]2OCc2ccccc2)n(CC(=O)N[C@@H]2CCCC[C@H]2OCc2ccccc2)n1.O=C(Cn1nc(NS(=O)(=O)c2ccccc2)cc1C(=O)N[C@H]1CCCC[C@@H]1OCc1ccccc1)N[C@@H]1CCCC[C@H]1OCc1ccccc1. The zero-order chi connectivity index (χ0) is 63.2. The Labute approximate surface area is 533 Å². The van der Waals surface area contributed by atoms with Gasteiger partial charge in [-0.2, -0.15) is 10.2 Å². The molecule has 482 valence electrons. The van der Waals surface area contributed by atoms with Crippen molar-refractivity contribution in [2.75, 3.05) is 10.5 Å². The fourth-order valence-corrected chi connectivity index (χ4v) is 13.5. The second kappa shape index (κ2) is 33.2. The summed E-state index contributed by atoms with van der Waals surface area (Å²) in [7, 11) is -3.99. The Balaban J connectivity index is 0.000000204. The van der Waals surface area contributed by atoms with Crippen LogP contribution in [0, 0.1) is 0 Å². The zero-order valence-electron chi connectivity index (χ0n) is 51.6. The Hall–Kier alpha value is -8.21. The van der Waals surface area contributed by atoms with Gasteiger partial charge in [-0.3, -0.25) is 23.9 Å². The van der Waals surface area contributed by atoms with Crippen molar-refractivity contribution < 1.29 is 46.5 Å². The highest BCUT2D eigenvalue weighted by Gasteiger charge is 2.34. The zero-order valence-corrected chi connectivity index (χ0v) is 52.4. The summed E-state index contributed by atoms with van der Waals surface area (Å²) in [5.41, 5.74) is 10.6. The number of benzene rings is 5. The molecule has 7 aromatic rings. The molecule has 5 aromatic carbocycles. The predicted molar refractivity (Wildman–Crippen MR) is 346 cm³/mol. The molecule has 0 saturated heterocycles. The number of aromatic nitrogens is 4. The highest BCUT2D eigenvalue weighted by atomic mass is 32.2. The number of ether oxygens (including phenoxy) is 4. The number of sulfonamides is 1. The lowest BCUT2D eigenvalue weighted by Gasteiger charge is -2.32. The lowest BCUT2D eigenvalue weighted by Crippen LogP contribution is -2.48. The van der Waals surface area contributed by atoms with E-state index in [4.69, 9.17) is 24.7 Å². The molecular weight excluding hydrogens is 1170 g/mol. The van der Waals surface area contributed by atoms with E-state index in [-0.39, 0.29) is 107 Å². The number of nitrogens with one attached hydrogen (secondary N) is 5. The topological polar surface area (TPSA) is 261 Å².